The Balaban J connectivity index is 1.62. The molecule has 0 amide bonds. The number of para-hydroxylation sites is 1. The van der Waals surface area contributed by atoms with E-state index in [0.29, 0.717) is 28.8 Å². The van der Waals surface area contributed by atoms with Crippen molar-refractivity contribution in [2.45, 2.75) is 36.3 Å². The van der Waals surface area contributed by atoms with Gasteiger partial charge in [0.25, 0.3) is 0 Å². The normalized spacial score (nSPS) is 16.2. The Labute approximate surface area is 172 Å². The molecule has 3 aromatic rings. The minimum Gasteiger partial charge on any atom is -0.497 e. The van der Waals surface area contributed by atoms with Crippen LogP contribution in [0.5, 0.6) is 11.5 Å². The van der Waals surface area contributed by atoms with E-state index in [2.05, 4.69) is 10.2 Å². The molecule has 0 N–H and O–H groups in total. The molecule has 0 spiro atoms. The van der Waals surface area contributed by atoms with Crippen LogP contribution in [-0.2, 0) is 11.4 Å². The molecule has 0 bridgehead atoms. The van der Waals surface area contributed by atoms with Gasteiger partial charge in [0, 0.05) is 6.42 Å². The summed E-state index contributed by atoms with van der Waals surface area (Å²) in [6.45, 7) is 0.104. The van der Waals surface area contributed by atoms with Gasteiger partial charge in [-0.15, -0.1) is 10.2 Å². The second kappa shape index (κ2) is 8.65. The molecule has 4 rings (SSSR count). The van der Waals surface area contributed by atoms with Crippen molar-refractivity contribution in [2.75, 3.05) is 7.11 Å². The molecule has 0 aliphatic heterocycles. The van der Waals surface area contributed by atoms with Gasteiger partial charge in [-0.25, -0.2) is 4.39 Å². The van der Waals surface area contributed by atoms with Gasteiger partial charge < -0.3 is 9.47 Å². The first kappa shape index (κ1) is 19.4. The minimum atomic E-state index is -0.391. The van der Waals surface area contributed by atoms with Crippen LogP contribution in [0.2, 0.25) is 0 Å². The average molecular weight is 413 g/mol. The largest absolute Gasteiger partial charge is 0.497 e. The standard InChI is InChI=1S/C21H20FN3O3S/c1-27-14-9-11-15(12-10-14)28-13-20-23-24-21(29-19-8-4-7-18(19)26)25(20)17-6-3-2-5-16(17)22/h2-3,5-6,9-12,19H,4,7-8,13H2,1H3. The summed E-state index contributed by atoms with van der Waals surface area (Å²) in [5, 5.41) is 8.77. The summed E-state index contributed by atoms with van der Waals surface area (Å²) in [5.74, 6) is 1.63. The third kappa shape index (κ3) is 4.27. The van der Waals surface area contributed by atoms with Crippen molar-refractivity contribution < 1.29 is 18.7 Å². The molecule has 2 aromatic carbocycles. The first-order valence-corrected chi connectivity index (χ1v) is 10.2. The molecule has 1 unspecified atom stereocenters. The molecule has 1 aromatic heterocycles. The van der Waals surface area contributed by atoms with Crippen LogP contribution >= 0.6 is 11.8 Å². The van der Waals surface area contributed by atoms with Crippen molar-refractivity contribution in [1.29, 1.82) is 0 Å². The van der Waals surface area contributed by atoms with Crippen molar-refractivity contribution >= 4 is 17.5 Å². The summed E-state index contributed by atoms with van der Waals surface area (Å²) >= 11 is 1.34. The summed E-state index contributed by atoms with van der Waals surface area (Å²) in [7, 11) is 1.60. The topological polar surface area (TPSA) is 66.2 Å². The molecule has 150 valence electrons. The molecule has 0 radical (unpaired) electrons. The number of nitrogens with zero attached hydrogens (tertiary/aromatic N) is 3. The van der Waals surface area contributed by atoms with E-state index in [1.54, 1.807) is 54.1 Å². The van der Waals surface area contributed by atoms with Gasteiger partial charge in [0.1, 0.15) is 29.7 Å². The summed E-state index contributed by atoms with van der Waals surface area (Å²) in [6.07, 6.45) is 2.25. The Hall–Kier alpha value is -2.87. The number of aromatic nitrogens is 3. The van der Waals surface area contributed by atoms with Gasteiger partial charge in [-0.2, -0.15) is 0 Å². The number of ketones is 1. The third-order valence-corrected chi connectivity index (χ3v) is 5.98. The molecular weight excluding hydrogens is 393 g/mol. The highest BCUT2D eigenvalue weighted by atomic mass is 32.2. The monoisotopic (exact) mass is 413 g/mol. The zero-order valence-corrected chi connectivity index (χ0v) is 16.7. The predicted molar refractivity (Wildman–Crippen MR) is 107 cm³/mol. The minimum absolute atomic E-state index is 0.104. The number of hydrogen-bond donors (Lipinski definition) is 0. The number of halogens is 1. The van der Waals surface area contributed by atoms with Crippen LogP contribution in [0.15, 0.2) is 53.7 Å². The number of ether oxygens (including phenoxy) is 2. The van der Waals surface area contributed by atoms with E-state index in [0.717, 1.165) is 18.6 Å². The maximum atomic E-state index is 14.5. The smallest absolute Gasteiger partial charge is 0.196 e. The highest BCUT2D eigenvalue weighted by Crippen LogP contribution is 2.34. The van der Waals surface area contributed by atoms with E-state index in [1.807, 2.05) is 0 Å². The molecule has 1 aliphatic rings. The molecule has 1 atom stereocenters. The van der Waals surface area contributed by atoms with Crippen LogP contribution in [0.25, 0.3) is 5.69 Å². The van der Waals surface area contributed by atoms with Crippen molar-refractivity contribution in [3.8, 4) is 17.2 Å². The lowest BCUT2D eigenvalue weighted by atomic mass is 10.3. The van der Waals surface area contributed by atoms with Gasteiger partial charge in [0.15, 0.2) is 11.0 Å². The Morgan fingerprint density at radius 2 is 1.90 bits per heavy atom. The maximum absolute atomic E-state index is 14.5. The lowest BCUT2D eigenvalue weighted by molar-refractivity contribution is -0.116. The summed E-state index contributed by atoms with van der Waals surface area (Å²) in [6, 6.07) is 13.6. The molecule has 1 saturated carbocycles. The summed E-state index contributed by atoms with van der Waals surface area (Å²) in [5.41, 5.74) is 0.332. The Morgan fingerprint density at radius 3 is 2.59 bits per heavy atom. The lowest BCUT2D eigenvalue weighted by Crippen LogP contribution is -2.12. The SMILES string of the molecule is COc1ccc(OCc2nnc(SC3CCCC3=O)n2-c2ccccc2F)cc1. The fraction of sp³-hybridized carbons (Fsp3) is 0.286. The van der Waals surface area contributed by atoms with Crippen LogP contribution in [0, 0.1) is 5.82 Å². The van der Waals surface area contributed by atoms with Crippen molar-refractivity contribution in [3.63, 3.8) is 0 Å². The number of carbonyl (C=O) groups excluding carboxylic acids is 1. The molecule has 8 heteroatoms. The van der Waals surface area contributed by atoms with Crippen LogP contribution in [0.1, 0.15) is 25.1 Å². The van der Waals surface area contributed by atoms with Crippen LogP contribution in [-0.4, -0.2) is 32.9 Å². The van der Waals surface area contributed by atoms with Crippen LogP contribution < -0.4 is 9.47 Å². The number of methoxy groups -OCH3 is 1. The van der Waals surface area contributed by atoms with E-state index >= 15 is 0 Å². The second-order valence-electron chi connectivity index (χ2n) is 6.61. The number of rotatable bonds is 7. The number of hydrogen-bond acceptors (Lipinski definition) is 6. The molecule has 6 nitrogen and oxygen atoms in total. The zero-order valence-electron chi connectivity index (χ0n) is 15.9. The van der Waals surface area contributed by atoms with Crippen molar-refractivity contribution in [3.05, 3.63) is 60.2 Å². The Bertz CT molecular complexity index is 1010. The van der Waals surface area contributed by atoms with E-state index in [9.17, 15) is 9.18 Å². The van der Waals surface area contributed by atoms with E-state index < -0.39 is 5.82 Å². The van der Waals surface area contributed by atoms with Gasteiger partial charge in [0.2, 0.25) is 0 Å². The molecular formula is C21H20FN3O3S. The van der Waals surface area contributed by atoms with Crippen molar-refractivity contribution in [1.82, 2.24) is 14.8 Å². The number of carbonyl (C=O) groups is 1. The van der Waals surface area contributed by atoms with Gasteiger partial charge in [-0.05, 0) is 49.2 Å². The average Bonchev–Trinajstić information content (AvgIpc) is 3.33. The first-order chi connectivity index (χ1) is 14.2. The predicted octanol–water partition coefficient (Wildman–Crippen LogP) is 4.21. The maximum Gasteiger partial charge on any atom is 0.196 e. The number of benzene rings is 2. The summed E-state index contributed by atoms with van der Waals surface area (Å²) < 4.78 is 27.1. The van der Waals surface area contributed by atoms with E-state index in [1.165, 1.54) is 17.8 Å². The fourth-order valence-electron chi connectivity index (χ4n) is 3.20. The number of thioether (sulfide) groups is 1. The van der Waals surface area contributed by atoms with Gasteiger partial charge in [-0.1, -0.05) is 23.9 Å². The highest BCUT2D eigenvalue weighted by Gasteiger charge is 2.28. The molecule has 0 saturated heterocycles. The Morgan fingerprint density at radius 1 is 1.14 bits per heavy atom. The quantitative estimate of drug-likeness (QED) is 0.578. The molecule has 1 heterocycles. The first-order valence-electron chi connectivity index (χ1n) is 9.31. The highest BCUT2D eigenvalue weighted by molar-refractivity contribution is 8.00. The van der Waals surface area contributed by atoms with Gasteiger partial charge >= 0.3 is 0 Å². The van der Waals surface area contributed by atoms with Gasteiger partial charge in [0.05, 0.1) is 18.0 Å². The zero-order chi connectivity index (χ0) is 20.2. The third-order valence-electron chi connectivity index (χ3n) is 4.72. The van der Waals surface area contributed by atoms with Crippen LogP contribution in [0.3, 0.4) is 0 Å². The van der Waals surface area contributed by atoms with Gasteiger partial charge in [-0.3, -0.25) is 9.36 Å². The van der Waals surface area contributed by atoms with E-state index in [-0.39, 0.29) is 17.6 Å². The van der Waals surface area contributed by atoms with E-state index in [4.69, 9.17) is 9.47 Å². The molecule has 1 fully saturated rings. The van der Waals surface area contributed by atoms with Crippen molar-refractivity contribution in [2.24, 2.45) is 0 Å². The molecule has 1 aliphatic carbocycles. The summed E-state index contributed by atoms with van der Waals surface area (Å²) in [4.78, 5) is 12.1. The number of Topliss-reactive ketones (excluding diaryl/α,β-unsaturated/α-hetero) is 1. The Kier molecular flexibility index (Phi) is 5.80. The second-order valence-corrected chi connectivity index (χ2v) is 7.78. The fourth-order valence-corrected chi connectivity index (χ4v) is 4.39. The lowest BCUT2D eigenvalue weighted by Gasteiger charge is -2.13. The van der Waals surface area contributed by atoms with Crippen LogP contribution in [0.4, 0.5) is 4.39 Å². The molecule has 29 heavy (non-hydrogen) atoms.